The first-order valence-corrected chi connectivity index (χ1v) is 10.7. The highest BCUT2D eigenvalue weighted by Gasteiger charge is 2.26. The second-order valence-electron chi connectivity index (χ2n) is 6.75. The number of benzene rings is 2. The van der Waals surface area contributed by atoms with Crippen molar-refractivity contribution in [2.45, 2.75) is 23.3 Å². The van der Waals surface area contributed by atoms with E-state index in [0.717, 1.165) is 18.2 Å². The molecule has 0 saturated carbocycles. The Hall–Kier alpha value is -3.46. The van der Waals surface area contributed by atoms with Gasteiger partial charge in [0, 0.05) is 17.8 Å². The maximum atomic E-state index is 14.8. The standard InChI is InChI=1S/C22H15F3N2O3S/c1-2-14-11-20(28)16-12-18(25)22(31(29,30)15-6-4-3-5-7-15)26-21(16)27(14)19-9-8-13(23)10-17(19)24/h3-12H,2H2,1H3. The molecule has 0 spiro atoms. The molecule has 4 rings (SSSR count). The number of fused-ring (bicyclic) bond motifs is 1. The number of aryl methyl sites for hydroxylation is 1. The minimum absolute atomic E-state index is 0.148. The molecule has 0 aliphatic carbocycles. The van der Waals surface area contributed by atoms with E-state index < -0.39 is 37.7 Å². The third kappa shape index (κ3) is 3.50. The summed E-state index contributed by atoms with van der Waals surface area (Å²) in [6.07, 6.45) is 0.252. The number of sulfone groups is 1. The zero-order valence-corrected chi connectivity index (χ0v) is 17.0. The normalized spacial score (nSPS) is 11.7. The fourth-order valence-electron chi connectivity index (χ4n) is 3.34. The number of halogens is 3. The molecule has 0 radical (unpaired) electrons. The number of rotatable bonds is 4. The summed E-state index contributed by atoms with van der Waals surface area (Å²) < 4.78 is 70.0. The Bertz CT molecular complexity index is 1480. The van der Waals surface area contributed by atoms with Crippen LogP contribution in [0.15, 0.2) is 75.4 Å². The van der Waals surface area contributed by atoms with Crippen molar-refractivity contribution >= 4 is 20.9 Å². The average molecular weight is 444 g/mol. The highest BCUT2D eigenvalue weighted by Crippen LogP contribution is 2.27. The van der Waals surface area contributed by atoms with E-state index in [1.165, 1.54) is 34.9 Å². The monoisotopic (exact) mass is 444 g/mol. The van der Waals surface area contributed by atoms with E-state index >= 15 is 0 Å². The van der Waals surface area contributed by atoms with E-state index in [1.807, 2.05) is 0 Å². The van der Waals surface area contributed by atoms with Crippen molar-refractivity contribution in [3.05, 3.63) is 94.0 Å². The lowest BCUT2D eigenvalue weighted by Crippen LogP contribution is -2.17. The topological polar surface area (TPSA) is 69.0 Å². The highest BCUT2D eigenvalue weighted by molar-refractivity contribution is 7.91. The quantitative estimate of drug-likeness (QED) is 0.473. The van der Waals surface area contributed by atoms with Crippen LogP contribution in [0.5, 0.6) is 0 Å². The predicted molar refractivity (Wildman–Crippen MR) is 108 cm³/mol. The van der Waals surface area contributed by atoms with Crippen molar-refractivity contribution in [1.29, 1.82) is 0 Å². The van der Waals surface area contributed by atoms with Gasteiger partial charge in [0.2, 0.25) is 9.84 Å². The van der Waals surface area contributed by atoms with E-state index in [4.69, 9.17) is 0 Å². The van der Waals surface area contributed by atoms with Gasteiger partial charge in [-0.1, -0.05) is 25.1 Å². The van der Waals surface area contributed by atoms with Crippen molar-refractivity contribution in [2.24, 2.45) is 0 Å². The van der Waals surface area contributed by atoms with Gasteiger partial charge in [-0.05, 0) is 36.8 Å². The van der Waals surface area contributed by atoms with Gasteiger partial charge in [0.25, 0.3) is 0 Å². The van der Waals surface area contributed by atoms with Gasteiger partial charge in [-0.2, -0.15) is 0 Å². The predicted octanol–water partition coefficient (Wildman–Crippen LogP) is 4.20. The van der Waals surface area contributed by atoms with Crippen LogP contribution in [-0.4, -0.2) is 18.0 Å². The second kappa shape index (κ2) is 7.66. The fourth-order valence-corrected chi connectivity index (χ4v) is 4.60. The molecule has 158 valence electrons. The SMILES string of the molecule is CCc1cc(=O)c2cc(F)c(S(=O)(=O)c3ccccc3)nc2n1-c1ccc(F)cc1F. The van der Waals surface area contributed by atoms with E-state index in [9.17, 15) is 26.4 Å². The molecule has 0 aliphatic heterocycles. The molecular weight excluding hydrogens is 429 g/mol. The third-order valence-corrected chi connectivity index (χ3v) is 6.49. The average Bonchev–Trinajstić information content (AvgIpc) is 2.75. The second-order valence-corrected chi connectivity index (χ2v) is 8.61. The molecular formula is C22H15F3N2O3S. The molecule has 0 unspecified atom stereocenters. The molecule has 0 amide bonds. The summed E-state index contributed by atoms with van der Waals surface area (Å²) in [6.45, 7) is 1.70. The molecule has 31 heavy (non-hydrogen) atoms. The fraction of sp³-hybridized carbons (Fsp3) is 0.0909. The first kappa shape index (κ1) is 20.8. The van der Waals surface area contributed by atoms with E-state index in [2.05, 4.69) is 4.98 Å². The van der Waals surface area contributed by atoms with Crippen LogP contribution >= 0.6 is 0 Å². The molecule has 0 aliphatic rings. The minimum Gasteiger partial charge on any atom is -0.295 e. The number of pyridine rings is 2. The summed E-state index contributed by atoms with van der Waals surface area (Å²) in [6, 6.07) is 11.9. The van der Waals surface area contributed by atoms with Gasteiger partial charge in [-0.25, -0.2) is 26.6 Å². The van der Waals surface area contributed by atoms with Gasteiger partial charge in [0.15, 0.2) is 16.3 Å². The van der Waals surface area contributed by atoms with E-state index in [0.29, 0.717) is 11.8 Å². The summed E-state index contributed by atoms with van der Waals surface area (Å²) in [5.74, 6) is -2.96. The van der Waals surface area contributed by atoms with Gasteiger partial charge in [0.05, 0.1) is 16.0 Å². The summed E-state index contributed by atoms with van der Waals surface area (Å²) in [5.41, 5.74) is -0.693. The number of nitrogens with zero attached hydrogens (tertiary/aromatic N) is 2. The molecule has 0 bridgehead atoms. The van der Waals surface area contributed by atoms with Crippen LogP contribution in [0.25, 0.3) is 16.7 Å². The molecule has 0 atom stereocenters. The highest BCUT2D eigenvalue weighted by atomic mass is 32.2. The molecule has 2 aromatic carbocycles. The zero-order valence-electron chi connectivity index (χ0n) is 16.1. The lowest BCUT2D eigenvalue weighted by Gasteiger charge is -2.17. The van der Waals surface area contributed by atoms with Crippen molar-refractivity contribution in [3.8, 4) is 5.69 Å². The number of hydrogen-bond acceptors (Lipinski definition) is 4. The summed E-state index contributed by atoms with van der Waals surface area (Å²) in [5, 5.41) is -1.12. The van der Waals surface area contributed by atoms with Gasteiger partial charge >= 0.3 is 0 Å². The molecule has 0 N–H and O–H groups in total. The largest absolute Gasteiger partial charge is 0.295 e. The first-order chi connectivity index (χ1) is 14.7. The smallest absolute Gasteiger partial charge is 0.226 e. The van der Waals surface area contributed by atoms with Crippen LogP contribution < -0.4 is 5.43 Å². The van der Waals surface area contributed by atoms with Crippen molar-refractivity contribution in [3.63, 3.8) is 0 Å². The van der Waals surface area contributed by atoms with Crippen LogP contribution in [-0.2, 0) is 16.3 Å². The molecule has 9 heteroatoms. The Morgan fingerprint density at radius 3 is 2.29 bits per heavy atom. The van der Waals surface area contributed by atoms with Crippen LogP contribution in [0.3, 0.4) is 0 Å². The third-order valence-electron chi connectivity index (χ3n) is 4.81. The Balaban J connectivity index is 2.12. The lowest BCUT2D eigenvalue weighted by atomic mass is 10.2. The van der Waals surface area contributed by atoms with Gasteiger partial charge < -0.3 is 0 Å². The van der Waals surface area contributed by atoms with Crippen LogP contribution in [0.4, 0.5) is 13.2 Å². The van der Waals surface area contributed by atoms with Gasteiger partial charge in [0.1, 0.15) is 17.3 Å². The number of hydrogen-bond donors (Lipinski definition) is 0. The van der Waals surface area contributed by atoms with Crippen molar-refractivity contribution < 1.29 is 21.6 Å². The van der Waals surface area contributed by atoms with Crippen molar-refractivity contribution in [1.82, 2.24) is 9.55 Å². The van der Waals surface area contributed by atoms with E-state index in [-0.39, 0.29) is 28.0 Å². The Morgan fingerprint density at radius 2 is 1.65 bits per heavy atom. The van der Waals surface area contributed by atoms with Crippen LogP contribution in [0.1, 0.15) is 12.6 Å². The molecule has 5 nitrogen and oxygen atoms in total. The zero-order chi connectivity index (χ0) is 22.3. The summed E-state index contributed by atoms with van der Waals surface area (Å²) >= 11 is 0. The van der Waals surface area contributed by atoms with Crippen LogP contribution in [0.2, 0.25) is 0 Å². The maximum absolute atomic E-state index is 14.8. The van der Waals surface area contributed by atoms with Crippen molar-refractivity contribution in [2.75, 3.05) is 0 Å². The van der Waals surface area contributed by atoms with Gasteiger partial charge in [-0.3, -0.25) is 9.36 Å². The first-order valence-electron chi connectivity index (χ1n) is 9.24. The van der Waals surface area contributed by atoms with E-state index in [1.54, 1.807) is 13.0 Å². The Labute approximate surface area is 175 Å². The Kier molecular flexibility index (Phi) is 5.14. The lowest BCUT2D eigenvalue weighted by molar-refractivity contribution is 0.555. The number of aromatic nitrogens is 2. The summed E-state index contributed by atoms with van der Waals surface area (Å²) in [7, 11) is -4.36. The summed E-state index contributed by atoms with van der Waals surface area (Å²) in [4.78, 5) is 16.3. The minimum atomic E-state index is -4.36. The Morgan fingerprint density at radius 1 is 0.935 bits per heavy atom. The molecule has 0 fully saturated rings. The van der Waals surface area contributed by atoms with Crippen LogP contribution in [0, 0.1) is 17.5 Å². The maximum Gasteiger partial charge on any atom is 0.226 e. The molecule has 0 saturated heterocycles. The molecule has 2 heterocycles. The molecule has 4 aromatic rings. The van der Waals surface area contributed by atoms with Gasteiger partial charge in [-0.15, -0.1) is 0 Å². The molecule has 2 aromatic heterocycles.